The van der Waals surface area contributed by atoms with Gasteiger partial charge in [0.2, 0.25) is 0 Å². The molecule has 4 aliphatic carbocycles. The third kappa shape index (κ3) is 3.81. The molecule has 1 heteroatoms. The van der Waals surface area contributed by atoms with Crippen molar-refractivity contribution in [1.29, 1.82) is 0 Å². The van der Waals surface area contributed by atoms with Gasteiger partial charge in [-0.05, 0) is 114 Å². The van der Waals surface area contributed by atoms with Gasteiger partial charge in [0.25, 0.3) is 0 Å². The predicted octanol–water partition coefficient (Wildman–Crippen LogP) is 14.1. The highest BCUT2D eigenvalue weighted by Crippen LogP contribution is 2.65. The van der Waals surface area contributed by atoms with Crippen LogP contribution in [0.2, 0.25) is 0 Å². The van der Waals surface area contributed by atoms with Gasteiger partial charge in [0.1, 0.15) is 0 Å². The molecule has 8 aromatic carbocycles. The molecule has 0 radical (unpaired) electrons. The first kappa shape index (κ1) is 31.9. The molecule has 0 fully saturated rings. The number of fused-ring (bicyclic) bond motifs is 16. The van der Waals surface area contributed by atoms with Crippen LogP contribution in [0.1, 0.15) is 72.2 Å². The van der Waals surface area contributed by atoms with E-state index in [0.717, 1.165) is 0 Å². The lowest BCUT2D eigenvalue weighted by Crippen LogP contribution is -2.26. The summed E-state index contributed by atoms with van der Waals surface area (Å²) in [7, 11) is 0. The van der Waals surface area contributed by atoms with Gasteiger partial charge >= 0.3 is 0 Å². The maximum atomic E-state index is 2.56. The number of hydrogen-bond acceptors (Lipinski definition) is 1. The number of benzene rings is 8. The Morgan fingerprint density at radius 1 is 0.304 bits per heavy atom. The minimum Gasteiger partial charge on any atom is -0.310 e. The molecule has 1 nitrogen and oxygen atoms in total. The second kappa shape index (κ2) is 10.9. The fourth-order valence-corrected chi connectivity index (χ4v) is 11.4. The molecule has 1 spiro atoms. The van der Waals surface area contributed by atoms with E-state index >= 15 is 0 Å². The van der Waals surface area contributed by atoms with Gasteiger partial charge in [-0.25, -0.2) is 0 Å². The van der Waals surface area contributed by atoms with Gasteiger partial charge in [0.05, 0.1) is 11.1 Å². The lowest BCUT2D eigenvalue weighted by Gasteiger charge is -2.32. The summed E-state index contributed by atoms with van der Waals surface area (Å²) in [6.45, 7) is 9.50. The normalized spacial score (nSPS) is 15.9. The summed E-state index contributed by atoms with van der Waals surface area (Å²) in [5.74, 6) is 0. The second-order valence-electron chi connectivity index (χ2n) is 17.2. The van der Waals surface area contributed by atoms with Crippen molar-refractivity contribution in [3.05, 3.63) is 220 Å². The highest BCUT2D eigenvalue weighted by atomic mass is 15.1. The first-order valence-electron chi connectivity index (χ1n) is 20.0. The van der Waals surface area contributed by atoms with Crippen molar-refractivity contribution in [2.24, 2.45) is 0 Å². The molecule has 12 rings (SSSR count). The second-order valence-corrected chi connectivity index (χ2v) is 17.2. The van der Waals surface area contributed by atoms with Crippen molar-refractivity contribution >= 4 is 17.1 Å². The van der Waals surface area contributed by atoms with E-state index in [-0.39, 0.29) is 10.8 Å². The first-order valence-corrected chi connectivity index (χ1v) is 20.0. The molecule has 0 aliphatic heterocycles. The zero-order chi connectivity index (χ0) is 37.6. The molecule has 0 bridgehead atoms. The van der Waals surface area contributed by atoms with Crippen molar-refractivity contribution < 1.29 is 0 Å². The van der Waals surface area contributed by atoms with E-state index in [1.165, 1.54) is 106 Å². The molecule has 0 amide bonds. The largest absolute Gasteiger partial charge is 0.310 e. The van der Waals surface area contributed by atoms with Crippen LogP contribution in [0.3, 0.4) is 0 Å². The maximum Gasteiger partial charge on any atom is 0.0726 e. The molecule has 0 saturated carbocycles. The predicted molar refractivity (Wildman–Crippen MR) is 233 cm³/mol. The summed E-state index contributed by atoms with van der Waals surface area (Å²) in [5, 5.41) is 0. The van der Waals surface area contributed by atoms with Crippen LogP contribution in [0.15, 0.2) is 176 Å². The Kier molecular flexibility index (Phi) is 6.18. The number of nitrogens with zero attached hydrogens (tertiary/aromatic N) is 1. The number of rotatable bonds is 3. The average molecular weight is 716 g/mol. The summed E-state index contributed by atoms with van der Waals surface area (Å²) in [6.07, 6.45) is 0. The zero-order valence-corrected chi connectivity index (χ0v) is 32.2. The van der Waals surface area contributed by atoms with E-state index < -0.39 is 5.41 Å². The van der Waals surface area contributed by atoms with E-state index in [2.05, 4.69) is 209 Å². The third-order valence-electron chi connectivity index (χ3n) is 13.9. The van der Waals surface area contributed by atoms with Crippen LogP contribution in [0, 0.1) is 0 Å². The number of hydrogen-bond donors (Lipinski definition) is 0. The van der Waals surface area contributed by atoms with Gasteiger partial charge in [-0.1, -0.05) is 173 Å². The first-order chi connectivity index (χ1) is 27.3. The Morgan fingerprint density at radius 3 is 1.34 bits per heavy atom. The van der Waals surface area contributed by atoms with Crippen LogP contribution in [-0.2, 0) is 16.2 Å². The number of anilines is 3. The fraction of sp³-hybridized carbons (Fsp3) is 0.127. The maximum absolute atomic E-state index is 2.56. The molecule has 266 valence electrons. The summed E-state index contributed by atoms with van der Waals surface area (Å²) in [4.78, 5) is 2.56. The highest BCUT2D eigenvalue weighted by molar-refractivity contribution is 6.02. The smallest absolute Gasteiger partial charge is 0.0726 e. The van der Waals surface area contributed by atoms with Crippen LogP contribution in [-0.4, -0.2) is 0 Å². The van der Waals surface area contributed by atoms with Gasteiger partial charge in [0, 0.05) is 27.8 Å². The monoisotopic (exact) mass is 715 g/mol. The minimum atomic E-state index is -0.413. The van der Waals surface area contributed by atoms with Crippen molar-refractivity contribution in [2.45, 2.75) is 43.9 Å². The molecule has 0 N–H and O–H groups in total. The fourth-order valence-electron chi connectivity index (χ4n) is 11.4. The molecule has 0 unspecified atom stereocenters. The summed E-state index contributed by atoms with van der Waals surface area (Å²) < 4.78 is 0. The standard InChI is InChI=1S/C55H41N/c1-53(2)44-22-11-6-19-39(44)42-32-34(29-31-45(42)53)56(35-28-30-40-36-16-5-10-21-43(36)54(3,4)50(40)33-35)51-27-15-26-49-52(51)41-20-9-14-25-48(41)55(49)46-23-12-7-17-37(46)38-18-8-13-24-47(38)55/h5-33H,1-4H3. The lowest BCUT2D eigenvalue weighted by atomic mass is 9.70. The molecule has 8 aromatic rings. The Hall–Kier alpha value is -6.44. The molecule has 4 aliphatic rings. The highest BCUT2D eigenvalue weighted by Gasteiger charge is 2.52. The van der Waals surface area contributed by atoms with Gasteiger partial charge in [-0.3, -0.25) is 0 Å². The molecule has 0 saturated heterocycles. The van der Waals surface area contributed by atoms with Crippen LogP contribution >= 0.6 is 0 Å². The summed E-state index contributed by atoms with van der Waals surface area (Å²) in [5.41, 5.74) is 24.5. The van der Waals surface area contributed by atoms with Gasteiger partial charge in [-0.15, -0.1) is 0 Å². The SMILES string of the molecule is CC1(C)c2ccccc2-c2cc(N(c3ccc4c(c3)C(C)(C)c3ccccc3-4)c3cccc4c3-c3ccccc3C43c4ccccc4-c4ccccc43)ccc21. The van der Waals surface area contributed by atoms with Gasteiger partial charge in [-0.2, -0.15) is 0 Å². The third-order valence-corrected chi connectivity index (χ3v) is 13.9. The molecule has 56 heavy (non-hydrogen) atoms. The van der Waals surface area contributed by atoms with Crippen LogP contribution in [0.4, 0.5) is 17.1 Å². The van der Waals surface area contributed by atoms with Crippen molar-refractivity contribution in [2.75, 3.05) is 4.90 Å². The molecule has 0 heterocycles. The molecule has 0 atom stereocenters. The van der Waals surface area contributed by atoms with E-state index in [9.17, 15) is 0 Å². The summed E-state index contributed by atoms with van der Waals surface area (Å²) in [6, 6.07) is 66.8. The van der Waals surface area contributed by atoms with Crippen molar-refractivity contribution in [3.63, 3.8) is 0 Å². The molecule has 0 aromatic heterocycles. The van der Waals surface area contributed by atoms with Crippen molar-refractivity contribution in [1.82, 2.24) is 0 Å². The van der Waals surface area contributed by atoms with Crippen LogP contribution in [0.25, 0.3) is 44.5 Å². The Bertz CT molecular complexity index is 2950. The van der Waals surface area contributed by atoms with Gasteiger partial charge in [0.15, 0.2) is 0 Å². The lowest BCUT2D eigenvalue weighted by molar-refractivity contribution is 0.660. The molecular formula is C55H41N. The molecular weight excluding hydrogens is 675 g/mol. The Morgan fingerprint density at radius 2 is 0.714 bits per heavy atom. The van der Waals surface area contributed by atoms with E-state index in [0.29, 0.717) is 0 Å². The Labute approximate surface area is 329 Å². The van der Waals surface area contributed by atoms with Crippen LogP contribution in [0.5, 0.6) is 0 Å². The van der Waals surface area contributed by atoms with E-state index in [1.54, 1.807) is 0 Å². The van der Waals surface area contributed by atoms with E-state index in [4.69, 9.17) is 0 Å². The van der Waals surface area contributed by atoms with Gasteiger partial charge < -0.3 is 4.90 Å². The van der Waals surface area contributed by atoms with Crippen molar-refractivity contribution in [3.8, 4) is 44.5 Å². The topological polar surface area (TPSA) is 3.24 Å². The van der Waals surface area contributed by atoms with E-state index in [1.807, 2.05) is 0 Å². The summed E-state index contributed by atoms with van der Waals surface area (Å²) >= 11 is 0. The minimum absolute atomic E-state index is 0.0682. The zero-order valence-electron chi connectivity index (χ0n) is 32.2. The van der Waals surface area contributed by atoms with Crippen LogP contribution < -0.4 is 4.90 Å². The average Bonchev–Trinajstić information content (AvgIpc) is 3.87. The Balaban J connectivity index is 1.16. The quantitative estimate of drug-likeness (QED) is 0.176.